The average molecular weight is 234 g/mol. The van der Waals surface area contributed by atoms with Gasteiger partial charge in [-0.2, -0.15) is 0 Å². The summed E-state index contributed by atoms with van der Waals surface area (Å²) in [5.74, 6) is -0.106. The maximum Gasteiger partial charge on any atom is 0.123 e. The Labute approximate surface area is 102 Å². The highest BCUT2D eigenvalue weighted by molar-refractivity contribution is 5.33. The number of nitrogens with one attached hydrogen (secondary N) is 1. The Kier molecular flexibility index (Phi) is 3.12. The second-order valence-corrected chi connectivity index (χ2v) is 5.11. The summed E-state index contributed by atoms with van der Waals surface area (Å²) in [4.78, 5) is 2.51. The molecule has 1 N–H and O–H groups in total. The topological polar surface area (TPSA) is 15.3 Å². The third-order valence-electron chi connectivity index (χ3n) is 3.90. The van der Waals surface area contributed by atoms with Crippen molar-refractivity contribution in [3.8, 4) is 0 Å². The van der Waals surface area contributed by atoms with Gasteiger partial charge in [-0.05, 0) is 62.2 Å². The van der Waals surface area contributed by atoms with E-state index in [4.69, 9.17) is 0 Å². The number of fused-ring (bicyclic) bond motifs is 1. The van der Waals surface area contributed by atoms with Crippen molar-refractivity contribution in [1.29, 1.82) is 0 Å². The second kappa shape index (κ2) is 4.75. The molecule has 3 rings (SSSR count). The lowest BCUT2D eigenvalue weighted by atomic mass is 9.94. The predicted octanol–water partition coefficient (Wildman–Crippen LogP) is 2.11. The second-order valence-electron chi connectivity index (χ2n) is 5.11. The molecular weight excluding hydrogens is 215 g/mol. The predicted molar refractivity (Wildman–Crippen MR) is 66.5 cm³/mol. The van der Waals surface area contributed by atoms with Gasteiger partial charge in [-0.25, -0.2) is 4.39 Å². The Hall–Kier alpha value is -0.930. The number of likely N-dealkylation sites (tertiary alicyclic amines) is 1. The minimum Gasteiger partial charge on any atom is -0.309 e. The SMILES string of the molecule is Fc1ccc2c(c1)CCNC2CN1CCCC1. The van der Waals surface area contributed by atoms with Crippen molar-refractivity contribution in [3.05, 3.63) is 35.1 Å². The van der Waals surface area contributed by atoms with Gasteiger partial charge in [0.15, 0.2) is 0 Å². The number of hydrogen-bond donors (Lipinski definition) is 1. The lowest BCUT2D eigenvalue weighted by molar-refractivity contribution is 0.287. The number of halogens is 1. The van der Waals surface area contributed by atoms with Gasteiger partial charge in [-0.3, -0.25) is 0 Å². The van der Waals surface area contributed by atoms with Crippen molar-refractivity contribution in [2.24, 2.45) is 0 Å². The summed E-state index contributed by atoms with van der Waals surface area (Å²) in [5, 5.41) is 3.56. The van der Waals surface area contributed by atoms with Crippen LogP contribution in [0.2, 0.25) is 0 Å². The summed E-state index contributed by atoms with van der Waals surface area (Å²) in [6.07, 6.45) is 3.59. The molecule has 0 aromatic heterocycles. The molecule has 17 heavy (non-hydrogen) atoms. The monoisotopic (exact) mass is 234 g/mol. The lowest BCUT2D eigenvalue weighted by Gasteiger charge is -2.30. The molecule has 92 valence electrons. The summed E-state index contributed by atoms with van der Waals surface area (Å²) in [7, 11) is 0. The fraction of sp³-hybridized carbons (Fsp3) is 0.571. The lowest BCUT2D eigenvalue weighted by Crippen LogP contribution is -2.38. The highest BCUT2D eigenvalue weighted by atomic mass is 19.1. The van der Waals surface area contributed by atoms with Gasteiger partial charge in [0.05, 0.1) is 0 Å². The normalized spacial score (nSPS) is 24.9. The van der Waals surface area contributed by atoms with Gasteiger partial charge in [0, 0.05) is 12.6 Å². The van der Waals surface area contributed by atoms with Gasteiger partial charge in [0.25, 0.3) is 0 Å². The van der Waals surface area contributed by atoms with Crippen LogP contribution in [0.15, 0.2) is 18.2 Å². The van der Waals surface area contributed by atoms with Gasteiger partial charge in [0.1, 0.15) is 5.82 Å². The smallest absolute Gasteiger partial charge is 0.123 e. The highest BCUT2D eigenvalue weighted by Gasteiger charge is 2.23. The Morgan fingerprint density at radius 2 is 2.12 bits per heavy atom. The van der Waals surface area contributed by atoms with Crippen LogP contribution in [-0.4, -0.2) is 31.1 Å². The van der Waals surface area contributed by atoms with E-state index in [1.165, 1.54) is 37.1 Å². The van der Waals surface area contributed by atoms with E-state index in [9.17, 15) is 4.39 Å². The van der Waals surface area contributed by atoms with Crippen LogP contribution < -0.4 is 5.32 Å². The van der Waals surface area contributed by atoms with E-state index in [0.29, 0.717) is 6.04 Å². The first-order valence-corrected chi connectivity index (χ1v) is 6.57. The quantitative estimate of drug-likeness (QED) is 0.843. The van der Waals surface area contributed by atoms with Crippen molar-refractivity contribution in [2.45, 2.75) is 25.3 Å². The van der Waals surface area contributed by atoms with Crippen molar-refractivity contribution < 1.29 is 4.39 Å². The summed E-state index contributed by atoms with van der Waals surface area (Å²) < 4.78 is 13.2. The minimum atomic E-state index is -0.106. The first-order valence-electron chi connectivity index (χ1n) is 6.57. The zero-order valence-electron chi connectivity index (χ0n) is 10.1. The molecule has 0 aliphatic carbocycles. The van der Waals surface area contributed by atoms with Crippen LogP contribution in [0.1, 0.15) is 30.0 Å². The zero-order valence-corrected chi connectivity index (χ0v) is 10.1. The van der Waals surface area contributed by atoms with E-state index >= 15 is 0 Å². The number of nitrogens with zero attached hydrogens (tertiary/aromatic N) is 1. The van der Waals surface area contributed by atoms with Gasteiger partial charge >= 0.3 is 0 Å². The molecule has 2 aliphatic rings. The fourth-order valence-electron chi connectivity index (χ4n) is 3.01. The number of rotatable bonds is 2. The van der Waals surface area contributed by atoms with Gasteiger partial charge in [-0.1, -0.05) is 6.07 Å². The van der Waals surface area contributed by atoms with Crippen molar-refractivity contribution in [1.82, 2.24) is 10.2 Å². The Morgan fingerprint density at radius 3 is 2.94 bits per heavy atom. The van der Waals surface area contributed by atoms with Gasteiger partial charge < -0.3 is 10.2 Å². The average Bonchev–Trinajstić information content (AvgIpc) is 2.82. The summed E-state index contributed by atoms with van der Waals surface area (Å²) >= 11 is 0. The van der Waals surface area contributed by atoms with E-state index in [2.05, 4.69) is 10.2 Å². The summed E-state index contributed by atoms with van der Waals surface area (Å²) in [5.41, 5.74) is 2.48. The van der Waals surface area contributed by atoms with Crippen LogP contribution in [0, 0.1) is 5.82 Å². The Balaban J connectivity index is 1.78. The summed E-state index contributed by atoms with van der Waals surface area (Å²) in [6, 6.07) is 5.63. The van der Waals surface area contributed by atoms with E-state index in [1.807, 2.05) is 6.07 Å². The Bertz CT molecular complexity index is 399. The molecule has 2 aliphatic heterocycles. The molecule has 1 unspecified atom stereocenters. The van der Waals surface area contributed by atoms with Crippen molar-refractivity contribution >= 4 is 0 Å². The van der Waals surface area contributed by atoms with E-state index in [-0.39, 0.29) is 5.82 Å². The molecule has 0 bridgehead atoms. The van der Waals surface area contributed by atoms with Gasteiger partial charge in [0.2, 0.25) is 0 Å². The summed E-state index contributed by atoms with van der Waals surface area (Å²) in [6.45, 7) is 4.47. The van der Waals surface area contributed by atoms with E-state index in [1.54, 1.807) is 12.1 Å². The molecule has 0 amide bonds. The van der Waals surface area contributed by atoms with Crippen LogP contribution in [0.5, 0.6) is 0 Å². The van der Waals surface area contributed by atoms with Gasteiger partial charge in [-0.15, -0.1) is 0 Å². The molecule has 2 nitrogen and oxygen atoms in total. The molecule has 1 aromatic rings. The molecule has 1 aromatic carbocycles. The number of hydrogen-bond acceptors (Lipinski definition) is 2. The minimum absolute atomic E-state index is 0.106. The maximum absolute atomic E-state index is 13.2. The van der Waals surface area contributed by atoms with Crippen LogP contribution in [0.25, 0.3) is 0 Å². The van der Waals surface area contributed by atoms with Crippen molar-refractivity contribution in [2.75, 3.05) is 26.2 Å². The molecule has 2 heterocycles. The first kappa shape index (κ1) is 11.2. The first-order chi connectivity index (χ1) is 8.33. The molecule has 0 spiro atoms. The fourth-order valence-corrected chi connectivity index (χ4v) is 3.01. The van der Waals surface area contributed by atoms with Crippen LogP contribution in [0.4, 0.5) is 4.39 Å². The highest BCUT2D eigenvalue weighted by Crippen LogP contribution is 2.25. The standard InChI is InChI=1S/C14H19FN2/c15-12-3-4-13-11(9-12)5-6-16-14(13)10-17-7-1-2-8-17/h3-4,9,14,16H,1-2,5-8,10H2. The van der Waals surface area contributed by atoms with E-state index in [0.717, 1.165) is 19.5 Å². The van der Waals surface area contributed by atoms with Crippen LogP contribution in [0.3, 0.4) is 0 Å². The molecule has 0 saturated carbocycles. The third kappa shape index (κ3) is 2.35. The molecule has 1 fully saturated rings. The zero-order chi connectivity index (χ0) is 11.7. The maximum atomic E-state index is 13.2. The largest absolute Gasteiger partial charge is 0.309 e. The number of benzene rings is 1. The molecular formula is C14H19FN2. The van der Waals surface area contributed by atoms with Crippen LogP contribution in [-0.2, 0) is 6.42 Å². The molecule has 3 heteroatoms. The third-order valence-corrected chi connectivity index (χ3v) is 3.90. The molecule has 0 radical (unpaired) electrons. The molecule has 1 saturated heterocycles. The van der Waals surface area contributed by atoms with Crippen LogP contribution >= 0.6 is 0 Å². The Morgan fingerprint density at radius 1 is 1.29 bits per heavy atom. The van der Waals surface area contributed by atoms with E-state index < -0.39 is 0 Å². The molecule has 1 atom stereocenters. The van der Waals surface area contributed by atoms with Crippen molar-refractivity contribution in [3.63, 3.8) is 0 Å².